The number of likely N-dealkylation sites (tertiary alicyclic amines) is 1. The Kier molecular flexibility index (Phi) is 6.34. The van der Waals surface area contributed by atoms with Gasteiger partial charge in [0.1, 0.15) is 17.7 Å². The number of aliphatic hydroxyl groups is 1. The molecule has 1 fully saturated rings. The molecule has 1 saturated heterocycles. The number of nitrogens with zero attached hydrogens (tertiary/aromatic N) is 3. The van der Waals surface area contributed by atoms with Crippen LogP contribution < -0.4 is 4.74 Å². The average molecular weight is 387 g/mol. The van der Waals surface area contributed by atoms with Crippen LogP contribution in [0.4, 0.5) is 4.79 Å². The fourth-order valence-corrected chi connectivity index (χ4v) is 3.39. The number of rotatable bonds is 5. The van der Waals surface area contributed by atoms with E-state index in [1.807, 2.05) is 39.0 Å². The molecule has 3 rings (SSSR count). The minimum atomic E-state index is -0.478. The molecule has 1 aliphatic rings. The molecule has 7 nitrogen and oxygen atoms in total. The predicted molar refractivity (Wildman–Crippen MR) is 107 cm³/mol. The lowest BCUT2D eigenvalue weighted by atomic mass is 9.91. The number of carbonyl (C=O) groups excluding carboxylic acids is 1. The first-order chi connectivity index (χ1) is 13.4. The summed E-state index contributed by atoms with van der Waals surface area (Å²) in [6, 6.07) is 5.83. The van der Waals surface area contributed by atoms with Gasteiger partial charge < -0.3 is 19.5 Å². The van der Waals surface area contributed by atoms with Gasteiger partial charge in [0.15, 0.2) is 0 Å². The van der Waals surface area contributed by atoms with E-state index >= 15 is 0 Å². The third-order valence-corrected chi connectivity index (χ3v) is 4.74. The lowest BCUT2D eigenvalue weighted by Gasteiger charge is -2.33. The zero-order valence-electron chi connectivity index (χ0n) is 16.9. The second-order valence-electron chi connectivity index (χ2n) is 8.11. The first-order valence-electron chi connectivity index (χ1n) is 9.83. The molecule has 0 saturated carbocycles. The highest BCUT2D eigenvalue weighted by Gasteiger charge is 2.28. The molecule has 1 amide bonds. The van der Waals surface area contributed by atoms with Gasteiger partial charge in [-0.2, -0.15) is 0 Å². The molecule has 1 aromatic heterocycles. The fraction of sp³-hybridized carbons (Fsp3) is 0.571. The number of aromatic nitrogens is 2. The van der Waals surface area contributed by atoms with Crippen molar-refractivity contribution in [2.24, 2.45) is 0 Å². The minimum absolute atomic E-state index is 0.113. The molecule has 28 heavy (non-hydrogen) atoms. The maximum atomic E-state index is 12.3. The van der Waals surface area contributed by atoms with Gasteiger partial charge in [-0.1, -0.05) is 0 Å². The number of amides is 1. The highest BCUT2D eigenvalue weighted by molar-refractivity contribution is 5.82. The van der Waals surface area contributed by atoms with Crippen LogP contribution in [0.2, 0.25) is 0 Å². The molecule has 152 valence electrons. The Morgan fingerprint density at radius 2 is 2.00 bits per heavy atom. The number of piperidine rings is 1. The number of benzene rings is 1. The van der Waals surface area contributed by atoms with Crippen molar-refractivity contribution in [3.63, 3.8) is 0 Å². The molecular formula is C21H29N3O4. The summed E-state index contributed by atoms with van der Waals surface area (Å²) in [6.45, 7) is 7.55. The van der Waals surface area contributed by atoms with Crippen molar-refractivity contribution in [3.8, 4) is 5.75 Å². The van der Waals surface area contributed by atoms with Crippen LogP contribution in [0.1, 0.15) is 51.6 Å². The zero-order chi connectivity index (χ0) is 20.1. The topological polar surface area (TPSA) is 84.8 Å². The summed E-state index contributed by atoms with van der Waals surface area (Å²) in [4.78, 5) is 23.0. The van der Waals surface area contributed by atoms with Crippen molar-refractivity contribution in [2.45, 2.75) is 51.6 Å². The number of hydrogen-bond acceptors (Lipinski definition) is 6. The Morgan fingerprint density at radius 3 is 2.68 bits per heavy atom. The van der Waals surface area contributed by atoms with Gasteiger partial charge in [0.05, 0.1) is 17.8 Å². The Bertz CT molecular complexity index is 811. The first-order valence-corrected chi connectivity index (χ1v) is 9.83. The molecule has 0 bridgehead atoms. The van der Waals surface area contributed by atoms with Gasteiger partial charge in [0.25, 0.3) is 0 Å². The number of ether oxygens (including phenoxy) is 2. The lowest BCUT2D eigenvalue weighted by molar-refractivity contribution is 0.0204. The molecule has 0 unspecified atom stereocenters. The van der Waals surface area contributed by atoms with E-state index in [0.717, 1.165) is 35.2 Å². The van der Waals surface area contributed by atoms with Gasteiger partial charge in [-0.05, 0) is 45.7 Å². The summed E-state index contributed by atoms with van der Waals surface area (Å²) in [6.07, 6.45) is 3.64. The molecule has 2 aromatic rings. The quantitative estimate of drug-likeness (QED) is 0.791. The maximum Gasteiger partial charge on any atom is 0.410 e. The van der Waals surface area contributed by atoms with Crippen LogP contribution in [-0.4, -0.2) is 58.0 Å². The minimum Gasteiger partial charge on any atom is -0.493 e. The van der Waals surface area contributed by atoms with Crippen molar-refractivity contribution in [1.29, 1.82) is 0 Å². The number of aliphatic hydroxyl groups excluding tert-OH is 1. The Morgan fingerprint density at radius 1 is 1.25 bits per heavy atom. The Hall–Kier alpha value is -2.41. The second-order valence-corrected chi connectivity index (χ2v) is 8.11. The van der Waals surface area contributed by atoms with E-state index in [1.165, 1.54) is 0 Å². The zero-order valence-corrected chi connectivity index (χ0v) is 16.9. The molecule has 2 heterocycles. The van der Waals surface area contributed by atoms with E-state index in [1.54, 1.807) is 11.2 Å². The summed E-state index contributed by atoms with van der Waals surface area (Å²) >= 11 is 0. The van der Waals surface area contributed by atoms with Crippen molar-refractivity contribution in [3.05, 3.63) is 30.2 Å². The molecule has 0 atom stereocenters. The summed E-state index contributed by atoms with van der Waals surface area (Å²) in [5.41, 5.74) is 1.39. The van der Waals surface area contributed by atoms with Crippen LogP contribution >= 0.6 is 0 Å². The summed E-state index contributed by atoms with van der Waals surface area (Å²) < 4.78 is 11.1. The molecule has 0 aliphatic carbocycles. The van der Waals surface area contributed by atoms with Crippen LogP contribution in [0.3, 0.4) is 0 Å². The average Bonchev–Trinajstić information content (AvgIpc) is 2.66. The number of hydrogen-bond donors (Lipinski definition) is 1. The van der Waals surface area contributed by atoms with Crippen molar-refractivity contribution in [2.75, 3.05) is 26.3 Å². The van der Waals surface area contributed by atoms with E-state index in [4.69, 9.17) is 14.6 Å². The predicted octanol–water partition coefficient (Wildman–Crippen LogP) is 3.51. The smallest absolute Gasteiger partial charge is 0.410 e. The van der Waals surface area contributed by atoms with Gasteiger partial charge in [0.2, 0.25) is 0 Å². The Labute approximate surface area is 165 Å². The summed E-state index contributed by atoms with van der Waals surface area (Å²) in [5.74, 6) is 1.02. The summed E-state index contributed by atoms with van der Waals surface area (Å²) in [5, 5.41) is 9.89. The SMILES string of the molecule is CC(C)(C)OC(=O)N1CCC(c2ncnc3cc(OCCCO)ccc23)CC1. The van der Waals surface area contributed by atoms with E-state index in [9.17, 15) is 4.79 Å². The first kappa shape index (κ1) is 20.3. The van der Waals surface area contributed by atoms with Crippen LogP contribution in [0.5, 0.6) is 5.75 Å². The van der Waals surface area contributed by atoms with E-state index in [0.29, 0.717) is 26.1 Å². The van der Waals surface area contributed by atoms with E-state index in [-0.39, 0.29) is 18.6 Å². The summed E-state index contributed by atoms with van der Waals surface area (Å²) in [7, 11) is 0. The monoisotopic (exact) mass is 387 g/mol. The normalized spacial score (nSPS) is 15.6. The van der Waals surface area contributed by atoms with Crippen molar-refractivity contribution < 1.29 is 19.4 Å². The molecule has 1 aromatic carbocycles. The molecule has 0 radical (unpaired) electrons. The number of fused-ring (bicyclic) bond motifs is 1. The largest absolute Gasteiger partial charge is 0.493 e. The lowest BCUT2D eigenvalue weighted by Crippen LogP contribution is -2.41. The van der Waals surface area contributed by atoms with E-state index in [2.05, 4.69) is 9.97 Å². The highest BCUT2D eigenvalue weighted by Crippen LogP contribution is 2.32. The van der Waals surface area contributed by atoms with Crippen LogP contribution in [-0.2, 0) is 4.74 Å². The van der Waals surface area contributed by atoms with Crippen molar-refractivity contribution >= 4 is 17.0 Å². The fourth-order valence-electron chi connectivity index (χ4n) is 3.39. The molecule has 1 aliphatic heterocycles. The van der Waals surface area contributed by atoms with Crippen LogP contribution in [0, 0.1) is 0 Å². The van der Waals surface area contributed by atoms with Gasteiger partial charge in [-0.25, -0.2) is 14.8 Å². The van der Waals surface area contributed by atoms with Gasteiger partial charge in [0, 0.05) is 43.5 Å². The maximum absolute atomic E-state index is 12.3. The molecule has 0 spiro atoms. The standard InChI is InChI=1S/C21H29N3O4/c1-21(2,3)28-20(26)24-9-7-15(8-10-24)19-17-6-5-16(27-12-4-11-25)13-18(17)22-14-23-19/h5-6,13-15,25H,4,7-12H2,1-3H3. The molecule has 7 heteroatoms. The van der Waals surface area contributed by atoms with Crippen LogP contribution in [0.25, 0.3) is 10.9 Å². The third kappa shape index (κ3) is 5.10. The van der Waals surface area contributed by atoms with E-state index < -0.39 is 5.60 Å². The second kappa shape index (κ2) is 8.73. The Balaban J connectivity index is 1.68. The van der Waals surface area contributed by atoms with Crippen LogP contribution in [0.15, 0.2) is 24.5 Å². The van der Waals surface area contributed by atoms with Crippen molar-refractivity contribution in [1.82, 2.24) is 14.9 Å². The molecule has 1 N–H and O–H groups in total. The number of carbonyl (C=O) groups is 1. The van der Waals surface area contributed by atoms with Gasteiger partial charge in [-0.15, -0.1) is 0 Å². The van der Waals surface area contributed by atoms with Gasteiger partial charge in [-0.3, -0.25) is 0 Å². The van der Waals surface area contributed by atoms with Gasteiger partial charge >= 0.3 is 6.09 Å². The highest BCUT2D eigenvalue weighted by atomic mass is 16.6. The molecular weight excluding hydrogens is 358 g/mol. The third-order valence-electron chi connectivity index (χ3n) is 4.74.